The van der Waals surface area contributed by atoms with E-state index in [4.69, 9.17) is 4.84 Å². The Labute approximate surface area is 148 Å². The number of hydrazine groups is 1. The molecule has 1 amide bonds. The third-order valence-electron chi connectivity index (χ3n) is 4.17. The van der Waals surface area contributed by atoms with E-state index in [0.717, 1.165) is 16.7 Å². The SMILES string of the molecule is Cc1ccc(C2=NOC(C)(C)N2NC(=O)Cc2ccccc2)c(C)c1. The van der Waals surface area contributed by atoms with Crippen molar-refractivity contribution in [3.63, 3.8) is 0 Å². The molecule has 0 spiro atoms. The summed E-state index contributed by atoms with van der Waals surface area (Å²) < 4.78 is 0. The number of amidine groups is 1. The van der Waals surface area contributed by atoms with Gasteiger partial charge in [0.2, 0.25) is 11.6 Å². The average Bonchev–Trinajstić information content (AvgIpc) is 2.84. The van der Waals surface area contributed by atoms with Crippen LogP contribution >= 0.6 is 0 Å². The zero-order chi connectivity index (χ0) is 18.0. The van der Waals surface area contributed by atoms with Crippen molar-refractivity contribution < 1.29 is 9.63 Å². The molecule has 130 valence electrons. The molecular formula is C20H23N3O2. The van der Waals surface area contributed by atoms with E-state index in [-0.39, 0.29) is 5.91 Å². The first kappa shape index (κ1) is 17.0. The highest BCUT2D eigenvalue weighted by Gasteiger charge is 2.40. The summed E-state index contributed by atoms with van der Waals surface area (Å²) >= 11 is 0. The quantitative estimate of drug-likeness (QED) is 0.931. The average molecular weight is 337 g/mol. The standard InChI is InChI=1S/C20H23N3O2/c1-14-10-11-17(15(2)12-14)19-22-25-20(3,4)23(19)21-18(24)13-16-8-6-5-7-9-16/h5-12H,13H2,1-4H3,(H,21,24). The summed E-state index contributed by atoms with van der Waals surface area (Å²) in [6.45, 7) is 7.82. The molecule has 1 aliphatic heterocycles. The Kier molecular flexibility index (Phi) is 4.49. The number of benzene rings is 2. The van der Waals surface area contributed by atoms with Gasteiger partial charge in [-0.05, 0) is 38.8 Å². The van der Waals surface area contributed by atoms with E-state index >= 15 is 0 Å². The molecule has 0 fully saturated rings. The predicted molar refractivity (Wildman–Crippen MR) is 97.7 cm³/mol. The van der Waals surface area contributed by atoms with E-state index in [0.29, 0.717) is 12.3 Å². The van der Waals surface area contributed by atoms with Gasteiger partial charge >= 0.3 is 0 Å². The second-order valence-electron chi connectivity index (χ2n) is 6.80. The number of nitrogens with one attached hydrogen (secondary N) is 1. The van der Waals surface area contributed by atoms with Gasteiger partial charge in [0, 0.05) is 5.56 Å². The fraction of sp³-hybridized carbons (Fsp3) is 0.300. The highest BCUT2D eigenvalue weighted by atomic mass is 16.7. The number of rotatable bonds is 4. The number of oxime groups is 1. The molecule has 0 unspecified atom stereocenters. The maximum Gasteiger partial charge on any atom is 0.243 e. The van der Waals surface area contributed by atoms with Gasteiger partial charge in [0.15, 0.2) is 5.84 Å². The Morgan fingerprint density at radius 2 is 1.88 bits per heavy atom. The van der Waals surface area contributed by atoms with E-state index in [2.05, 4.69) is 16.6 Å². The Morgan fingerprint density at radius 3 is 2.56 bits per heavy atom. The second-order valence-corrected chi connectivity index (χ2v) is 6.80. The lowest BCUT2D eigenvalue weighted by Crippen LogP contribution is -2.55. The molecule has 1 N–H and O–H groups in total. The van der Waals surface area contributed by atoms with Gasteiger partial charge in [-0.25, -0.2) is 5.01 Å². The minimum absolute atomic E-state index is 0.109. The van der Waals surface area contributed by atoms with Crippen LogP contribution in [0.3, 0.4) is 0 Å². The van der Waals surface area contributed by atoms with Gasteiger partial charge in [-0.15, -0.1) is 0 Å². The summed E-state index contributed by atoms with van der Waals surface area (Å²) in [6.07, 6.45) is 0.299. The Morgan fingerprint density at radius 1 is 1.16 bits per heavy atom. The molecule has 0 atom stereocenters. The lowest BCUT2D eigenvalue weighted by molar-refractivity contribution is -0.134. The fourth-order valence-electron chi connectivity index (χ4n) is 2.86. The molecule has 1 aliphatic rings. The van der Waals surface area contributed by atoms with Gasteiger partial charge in [-0.1, -0.05) is 59.3 Å². The maximum atomic E-state index is 12.5. The summed E-state index contributed by atoms with van der Waals surface area (Å²) in [4.78, 5) is 18.1. The zero-order valence-corrected chi connectivity index (χ0v) is 15.0. The van der Waals surface area contributed by atoms with Gasteiger partial charge in [0.1, 0.15) is 0 Å². The summed E-state index contributed by atoms with van der Waals surface area (Å²) in [7, 11) is 0. The summed E-state index contributed by atoms with van der Waals surface area (Å²) in [5, 5.41) is 5.92. The van der Waals surface area contributed by atoms with Crippen LogP contribution in [0.4, 0.5) is 0 Å². The van der Waals surface area contributed by atoms with Crippen molar-refractivity contribution in [2.75, 3.05) is 0 Å². The molecule has 2 aromatic rings. The highest BCUT2D eigenvalue weighted by Crippen LogP contribution is 2.26. The van der Waals surface area contributed by atoms with Gasteiger partial charge < -0.3 is 4.84 Å². The summed E-state index contributed by atoms with van der Waals surface area (Å²) in [6, 6.07) is 15.8. The van der Waals surface area contributed by atoms with Crippen molar-refractivity contribution in [1.29, 1.82) is 0 Å². The minimum Gasteiger partial charge on any atom is -0.364 e. The monoisotopic (exact) mass is 337 g/mol. The molecule has 2 aromatic carbocycles. The fourth-order valence-corrected chi connectivity index (χ4v) is 2.86. The zero-order valence-electron chi connectivity index (χ0n) is 15.0. The Hall–Kier alpha value is -2.82. The molecule has 0 radical (unpaired) electrons. The van der Waals surface area contributed by atoms with E-state index in [1.165, 1.54) is 5.56 Å². The Bertz CT molecular complexity index is 813. The molecular weight excluding hydrogens is 314 g/mol. The third kappa shape index (κ3) is 3.65. The van der Waals surface area contributed by atoms with Gasteiger partial charge in [-0.3, -0.25) is 10.2 Å². The molecule has 0 bridgehead atoms. The number of hydrogen-bond acceptors (Lipinski definition) is 4. The van der Waals surface area contributed by atoms with Gasteiger partial charge in [0.25, 0.3) is 0 Å². The molecule has 1 heterocycles. The second kappa shape index (κ2) is 6.59. The van der Waals surface area contributed by atoms with E-state index in [1.807, 2.05) is 70.2 Å². The number of hydrogen-bond donors (Lipinski definition) is 1. The predicted octanol–water partition coefficient (Wildman–Crippen LogP) is 3.31. The smallest absolute Gasteiger partial charge is 0.243 e. The number of carbonyl (C=O) groups excluding carboxylic acids is 1. The van der Waals surface area contributed by atoms with E-state index in [1.54, 1.807) is 5.01 Å². The van der Waals surface area contributed by atoms with Crippen LogP contribution in [0.1, 0.15) is 36.1 Å². The topological polar surface area (TPSA) is 53.9 Å². The summed E-state index contributed by atoms with van der Waals surface area (Å²) in [5.74, 6) is 0.506. The van der Waals surface area contributed by atoms with Crippen LogP contribution in [0.25, 0.3) is 0 Å². The third-order valence-corrected chi connectivity index (χ3v) is 4.17. The first-order valence-corrected chi connectivity index (χ1v) is 8.34. The van der Waals surface area contributed by atoms with Crippen LogP contribution in [0, 0.1) is 13.8 Å². The van der Waals surface area contributed by atoms with Crippen LogP contribution in [0.15, 0.2) is 53.7 Å². The molecule has 0 saturated carbocycles. The largest absolute Gasteiger partial charge is 0.364 e. The number of carbonyl (C=O) groups is 1. The van der Waals surface area contributed by atoms with E-state index in [9.17, 15) is 4.79 Å². The molecule has 3 rings (SSSR count). The molecule has 0 saturated heterocycles. The molecule has 5 heteroatoms. The van der Waals surface area contributed by atoms with Crippen molar-refractivity contribution in [3.05, 3.63) is 70.8 Å². The van der Waals surface area contributed by atoms with Crippen molar-refractivity contribution in [3.8, 4) is 0 Å². The lowest BCUT2D eigenvalue weighted by Gasteiger charge is -2.31. The molecule has 25 heavy (non-hydrogen) atoms. The molecule has 0 aromatic heterocycles. The van der Waals surface area contributed by atoms with Gasteiger partial charge in [0.05, 0.1) is 6.42 Å². The minimum atomic E-state index is -0.751. The Balaban J connectivity index is 1.81. The molecule has 5 nitrogen and oxygen atoms in total. The van der Waals surface area contributed by atoms with Gasteiger partial charge in [-0.2, -0.15) is 0 Å². The van der Waals surface area contributed by atoms with E-state index < -0.39 is 5.72 Å². The molecule has 0 aliphatic carbocycles. The maximum absolute atomic E-state index is 12.5. The van der Waals surface area contributed by atoms with Crippen molar-refractivity contribution >= 4 is 11.7 Å². The lowest BCUT2D eigenvalue weighted by atomic mass is 10.0. The van der Waals surface area contributed by atoms with Crippen molar-refractivity contribution in [2.24, 2.45) is 5.16 Å². The number of nitrogens with zero attached hydrogens (tertiary/aromatic N) is 2. The normalized spacial score (nSPS) is 15.5. The number of amides is 1. The first-order valence-electron chi connectivity index (χ1n) is 8.34. The van der Waals surface area contributed by atoms with Crippen LogP contribution in [0.5, 0.6) is 0 Å². The van der Waals surface area contributed by atoms with Crippen molar-refractivity contribution in [2.45, 2.75) is 39.8 Å². The first-order chi connectivity index (χ1) is 11.9. The van der Waals surface area contributed by atoms with Crippen LogP contribution in [-0.4, -0.2) is 22.5 Å². The van der Waals surface area contributed by atoms with Crippen LogP contribution in [-0.2, 0) is 16.1 Å². The summed E-state index contributed by atoms with van der Waals surface area (Å²) in [5.41, 5.74) is 6.36. The van der Waals surface area contributed by atoms with Crippen LogP contribution < -0.4 is 5.43 Å². The van der Waals surface area contributed by atoms with Crippen LogP contribution in [0.2, 0.25) is 0 Å². The highest BCUT2D eigenvalue weighted by molar-refractivity contribution is 6.01. The van der Waals surface area contributed by atoms with Crippen molar-refractivity contribution in [1.82, 2.24) is 10.4 Å². The number of aryl methyl sites for hydroxylation is 2.